The molecule has 0 spiro atoms. The molecule has 3 heterocycles. The summed E-state index contributed by atoms with van der Waals surface area (Å²) in [6.45, 7) is 4.08. The zero-order valence-corrected chi connectivity index (χ0v) is 16.3. The molecular weight excluding hydrogens is 376 g/mol. The van der Waals surface area contributed by atoms with E-state index in [9.17, 15) is 4.79 Å². The van der Waals surface area contributed by atoms with Gasteiger partial charge in [-0.15, -0.1) is 10.2 Å². The largest absolute Gasteiger partial charge is 0.484 e. The zero-order chi connectivity index (χ0) is 19.5. The summed E-state index contributed by atoms with van der Waals surface area (Å²) in [5.41, 5.74) is 3.16. The molecule has 0 saturated heterocycles. The van der Waals surface area contributed by atoms with Crippen LogP contribution in [-0.2, 0) is 12.4 Å². The summed E-state index contributed by atoms with van der Waals surface area (Å²) in [5.74, 6) is 1.61. The van der Waals surface area contributed by atoms with Crippen molar-refractivity contribution in [2.75, 3.05) is 0 Å². The number of rotatable bonds is 6. The van der Waals surface area contributed by atoms with Crippen molar-refractivity contribution in [3.63, 3.8) is 0 Å². The number of ether oxygens (including phenoxy) is 1. The third-order valence-corrected chi connectivity index (χ3v) is 4.93. The van der Waals surface area contributed by atoms with Crippen molar-refractivity contribution in [3.8, 4) is 5.75 Å². The van der Waals surface area contributed by atoms with Gasteiger partial charge in [0.2, 0.25) is 0 Å². The van der Waals surface area contributed by atoms with Gasteiger partial charge in [-0.3, -0.25) is 9.20 Å². The van der Waals surface area contributed by atoms with Gasteiger partial charge < -0.3 is 9.15 Å². The normalized spacial score (nSPS) is 11.1. The van der Waals surface area contributed by atoms with E-state index in [1.807, 2.05) is 56.3 Å². The third kappa shape index (κ3) is 4.07. The van der Waals surface area contributed by atoms with Gasteiger partial charge in [0.05, 0.1) is 5.69 Å². The number of aryl methyl sites for hydroxylation is 2. The van der Waals surface area contributed by atoms with Gasteiger partial charge in [-0.2, -0.15) is 0 Å². The van der Waals surface area contributed by atoms with Crippen molar-refractivity contribution in [1.29, 1.82) is 0 Å². The van der Waals surface area contributed by atoms with Crippen LogP contribution in [0.4, 0.5) is 0 Å². The number of nitrogens with zero attached hydrogens (tertiary/aromatic N) is 4. The van der Waals surface area contributed by atoms with Crippen LogP contribution in [0, 0.1) is 13.8 Å². The summed E-state index contributed by atoms with van der Waals surface area (Å²) in [7, 11) is 0. The monoisotopic (exact) mass is 394 g/mol. The van der Waals surface area contributed by atoms with E-state index in [0.29, 0.717) is 28.2 Å². The van der Waals surface area contributed by atoms with Gasteiger partial charge in [0.25, 0.3) is 16.7 Å². The van der Waals surface area contributed by atoms with E-state index in [-0.39, 0.29) is 12.2 Å². The minimum absolute atomic E-state index is 0.100. The van der Waals surface area contributed by atoms with Crippen molar-refractivity contribution >= 4 is 17.4 Å². The fourth-order valence-electron chi connectivity index (χ4n) is 2.78. The molecule has 0 N–H and O–H groups in total. The first kappa shape index (κ1) is 18.2. The van der Waals surface area contributed by atoms with Crippen molar-refractivity contribution in [2.45, 2.75) is 31.4 Å². The smallest absolute Gasteiger partial charge is 0.277 e. The van der Waals surface area contributed by atoms with Crippen LogP contribution < -0.4 is 10.3 Å². The number of thioether (sulfide) groups is 1. The highest BCUT2D eigenvalue weighted by Crippen LogP contribution is 2.21. The van der Waals surface area contributed by atoms with Crippen LogP contribution in [0.3, 0.4) is 0 Å². The van der Waals surface area contributed by atoms with Gasteiger partial charge in [-0.25, -0.2) is 4.98 Å². The van der Waals surface area contributed by atoms with Crippen LogP contribution in [-0.4, -0.2) is 19.6 Å². The first-order chi connectivity index (χ1) is 13.6. The molecule has 7 nitrogen and oxygen atoms in total. The second-order valence-electron chi connectivity index (χ2n) is 6.30. The second-order valence-corrected chi connectivity index (χ2v) is 7.23. The quantitative estimate of drug-likeness (QED) is 0.462. The highest BCUT2D eigenvalue weighted by molar-refractivity contribution is 7.98. The molecule has 4 rings (SSSR count). The highest BCUT2D eigenvalue weighted by Gasteiger charge is 2.10. The van der Waals surface area contributed by atoms with E-state index < -0.39 is 0 Å². The summed E-state index contributed by atoms with van der Waals surface area (Å²) in [4.78, 5) is 16.9. The maximum Gasteiger partial charge on any atom is 0.277 e. The summed E-state index contributed by atoms with van der Waals surface area (Å²) in [6.07, 6.45) is 0. The van der Waals surface area contributed by atoms with Crippen LogP contribution in [0.2, 0.25) is 0 Å². The van der Waals surface area contributed by atoms with Crippen molar-refractivity contribution in [3.05, 3.63) is 81.7 Å². The molecule has 0 fully saturated rings. The van der Waals surface area contributed by atoms with Gasteiger partial charge in [-0.1, -0.05) is 30.0 Å². The maximum atomic E-state index is 12.3. The van der Waals surface area contributed by atoms with Gasteiger partial charge in [0.1, 0.15) is 11.4 Å². The number of pyridine rings is 1. The Balaban J connectivity index is 1.41. The fraction of sp³-hybridized carbons (Fsp3) is 0.200. The fourth-order valence-corrected chi connectivity index (χ4v) is 3.45. The van der Waals surface area contributed by atoms with Crippen LogP contribution in [0.25, 0.3) is 5.65 Å². The Morgan fingerprint density at radius 3 is 2.82 bits per heavy atom. The van der Waals surface area contributed by atoms with E-state index >= 15 is 0 Å². The highest BCUT2D eigenvalue weighted by atomic mass is 32.2. The minimum atomic E-state index is -0.100. The number of hydrogen-bond acceptors (Lipinski definition) is 7. The Bertz CT molecular complexity index is 1190. The summed E-state index contributed by atoms with van der Waals surface area (Å²) in [6, 6.07) is 14.9. The van der Waals surface area contributed by atoms with Gasteiger partial charge in [-0.05, 0) is 43.7 Å². The third-order valence-electron chi connectivity index (χ3n) is 4.08. The van der Waals surface area contributed by atoms with Crippen molar-refractivity contribution in [2.24, 2.45) is 0 Å². The lowest BCUT2D eigenvalue weighted by atomic mass is 10.2. The summed E-state index contributed by atoms with van der Waals surface area (Å²) in [5, 5.41) is 8.42. The average Bonchev–Trinajstić information content (AvgIpc) is 3.13. The van der Waals surface area contributed by atoms with Gasteiger partial charge >= 0.3 is 0 Å². The number of benzene rings is 1. The lowest BCUT2D eigenvalue weighted by Gasteiger charge is -2.05. The maximum absolute atomic E-state index is 12.3. The Labute approximate surface area is 165 Å². The van der Waals surface area contributed by atoms with E-state index in [2.05, 4.69) is 15.2 Å². The molecule has 0 radical (unpaired) electrons. The van der Waals surface area contributed by atoms with Crippen molar-refractivity contribution in [1.82, 2.24) is 19.6 Å². The Morgan fingerprint density at radius 1 is 1.11 bits per heavy atom. The van der Waals surface area contributed by atoms with E-state index in [1.54, 1.807) is 4.40 Å². The Kier molecular flexibility index (Phi) is 5.12. The van der Waals surface area contributed by atoms with Crippen LogP contribution >= 0.6 is 11.8 Å². The van der Waals surface area contributed by atoms with Crippen LogP contribution in [0.15, 0.2) is 63.0 Å². The molecule has 0 unspecified atom stereocenters. The Hall–Kier alpha value is -3.13. The molecule has 0 saturated carbocycles. The SMILES string of the molecule is Cc1cccc(OCc2nnc(SCc3cc(=O)n4c(C)cccc4n3)o2)c1. The molecule has 4 aromatic rings. The van der Waals surface area contributed by atoms with Crippen LogP contribution in [0.5, 0.6) is 5.75 Å². The first-order valence-electron chi connectivity index (χ1n) is 8.71. The molecule has 3 aromatic heterocycles. The summed E-state index contributed by atoms with van der Waals surface area (Å²) >= 11 is 1.33. The predicted molar refractivity (Wildman–Crippen MR) is 106 cm³/mol. The molecule has 1 aromatic carbocycles. The van der Waals surface area contributed by atoms with Crippen molar-refractivity contribution < 1.29 is 9.15 Å². The minimum Gasteiger partial charge on any atom is -0.484 e. The molecule has 0 aliphatic heterocycles. The molecule has 28 heavy (non-hydrogen) atoms. The predicted octanol–water partition coefficient (Wildman–Crippen LogP) is 3.57. The van der Waals surface area contributed by atoms with E-state index in [1.165, 1.54) is 17.8 Å². The number of fused-ring (bicyclic) bond motifs is 1. The Morgan fingerprint density at radius 2 is 1.96 bits per heavy atom. The first-order valence-corrected chi connectivity index (χ1v) is 9.70. The van der Waals surface area contributed by atoms with Gasteiger partial charge in [0, 0.05) is 17.5 Å². The number of aromatic nitrogens is 4. The van der Waals surface area contributed by atoms with E-state index in [0.717, 1.165) is 17.0 Å². The molecule has 0 atom stereocenters. The molecule has 0 bridgehead atoms. The zero-order valence-electron chi connectivity index (χ0n) is 15.5. The average molecular weight is 394 g/mol. The van der Waals surface area contributed by atoms with Gasteiger partial charge in [0.15, 0.2) is 6.61 Å². The topological polar surface area (TPSA) is 82.5 Å². The lowest BCUT2D eigenvalue weighted by molar-refractivity contribution is 0.252. The standard InChI is InChI=1S/C20H18N4O3S/c1-13-5-3-7-16(9-13)26-11-18-22-23-20(27-18)28-12-15-10-19(25)24-14(2)6-4-8-17(24)21-15/h3-10H,11-12H2,1-2H3. The molecular formula is C20H18N4O3S. The molecule has 142 valence electrons. The lowest BCUT2D eigenvalue weighted by Crippen LogP contribution is -2.17. The molecule has 0 aliphatic rings. The van der Waals surface area contributed by atoms with E-state index in [4.69, 9.17) is 9.15 Å². The van der Waals surface area contributed by atoms with Crippen LogP contribution in [0.1, 0.15) is 22.8 Å². The molecule has 8 heteroatoms. The second kappa shape index (κ2) is 7.85. The molecule has 0 aliphatic carbocycles. The summed E-state index contributed by atoms with van der Waals surface area (Å²) < 4.78 is 12.8. The number of hydrogen-bond donors (Lipinski definition) is 0. The molecule has 0 amide bonds.